The molecule has 0 unspecified atom stereocenters. The van der Waals surface area contributed by atoms with Crippen molar-refractivity contribution in [2.45, 2.75) is 19.3 Å². The van der Waals surface area contributed by atoms with Crippen LogP contribution >= 0.6 is 11.3 Å². The molecule has 21 heavy (non-hydrogen) atoms. The van der Waals surface area contributed by atoms with Crippen LogP contribution in [0.5, 0.6) is 11.5 Å². The molecule has 1 aromatic carbocycles. The van der Waals surface area contributed by atoms with Gasteiger partial charge in [-0.05, 0) is 31.5 Å². The van der Waals surface area contributed by atoms with Gasteiger partial charge in [-0.3, -0.25) is 0 Å². The SMILES string of the molecule is COc1ccc(C(C)(C)c2nc(C(=O)O)cs2)cc1OC. The first-order chi connectivity index (χ1) is 9.90. The van der Waals surface area contributed by atoms with Crippen molar-refractivity contribution in [2.24, 2.45) is 0 Å². The molecule has 6 heteroatoms. The maximum atomic E-state index is 11.0. The molecule has 0 atom stereocenters. The molecule has 0 aliphatic carbocycles. The van der Waals surface area contributed by atoms with Gasteiger partial charge in [-0.25, -0.2) is 9.78 Å². The van der Waals surface area contributed by atoms with Crippen LogP contribution in [0, 0.1) is 0 Å². The lowest BCUT2D eigenvalue weighted by atomic mass is 9.85. The third kappa shape index (κ3) is 2.85. The van der Waals surface area contributed by atoms with Crippen LogP contribution in [0.2, 0.25) is 0 Å². The molecule has 1 aromatic heterocycles. The summed E-state index contributed by atoms with van der Waals surface area (Å²) in [7, 11) is 3.17. The summed E-state index contributed by atoms with van der Waals surface area (Å²) in [5.74, 6) is 0.279. The molecule has 2 rings (SSSR count). The van der Waals surface area contributed by atoms with Gasteiger partial charge in [-0.15, -0.1) is 11.3 Å². The second-order valence-electron chi connectivity index (χ2n) is 5.04. The Hall–Kier alpha value is -2.08. The fraction of sp³-hybridized carbons (Fsp3) is 0.333. The summed E-state index contributed by atoms with van der Waals surface area (Å²) in [6.45, 7) is 4.00. The fourth-order valence-corrected chi connectivity index (χ4v) is 2.95. The summed E-state index contributed by atoms with van der Waals surface area (Å²) in [5.41, 5.74) is 0.632. The summed E-state index contributed by atoms with van der Waals surface area (Å²) in [5, 5.41) is 11.3. The van der Waals surface area contributed by atoms with Gasteiger partial charge >= 0.3 is 5.97 Å². The van der Waals surface area contributed by atoms with Crippen molar-refractivity contribution >= 4 is 17.3 Å². The third-order valence-electron chi connectivity index (χ3n) is 3.36. The minimum Gasteiger partial charge on any atom is -0.493 e. The third-order valence-corrected chi connectivity index (χ3v) is 4.53. The predicted molar refractivity (Wildman–Crippen MR) is 80.7 cm³/mol. The predicted octanol–water partition coefficient (Wildman–Crippen LogP) is 3.18. The number of carboxylic acids is 1. The van der Waals surface area contributed by atoms with E-state index in [9.17, 15) is 4.79 Å². The van der Waals surface area contributed by atoms with Crippen LogP contribution in [-0.4, -0.2) is 30.3 Å². The molecule has 0 spiro atoms. The molecule has 2 aromatic rings. The molecular formula is C15H17NO4S. The Morgan fingerprint density at radius 2 is 1.90 bits per heavy atom. The van der Waals surface area contributed by atoms with E-state index in [0.717, 1.165) is 10.6 Å². The average Bonchev–Trinajstić information content (AvgIpc) is 2.97. The number of aromatic carboxylic acids is 1. The Morgan fingerprint density at radius 3 is 2.43 bits per heavy atom. The minimum absolute atomic E-state index is 0.0727. The van der Waals surface area contributed by atoms with Crippen molar-refractivity contribution in [1.29, 1.82) is 0 Å². The van der Waals surface area contributed by atoms with E-state index in [2.05, 4.69) is 4.98 Å². The van der Waals surface area contributed by atoms with Crippen LogP contribution in [0.1, 0.15) is 34.9 Å². The Kier molecular flexibility index (Phi) is 4.18. The van der Waals surface area contributed by atoms with Gasteiger partial charge in [0.25, 0.3) is 0 Å². The number of ether oxygens (including phenoxy) is 2. The monoisotopic (exact) mass is 307 g/mol. The van der Waals surface area contributed by atoms with Crippen LogP contribution in [0.4, 0.5) is 0 Å². The molecule has 1 N–H and O–H groups in total. The maximum Gasteiger partial charge on any atom is 0.355 e. The molecule has 0 saturated carbocycles. The number of carbonyl (C=O) groups is 1. The van der Waals surface area contributed by atoms with E-state index in [1.54, 1.807) is 19.6 Å². The van der Waals surface area contributed by atoms with Crippen LogP contribution < -0.4 is 9.47 Å². The lowest BCUT2D eigenvalue weighted by molar-refractivity contribution is 0.0691. The van der Waals surface area contributed by atoms with Gasteiger partial charge < -0.3 is 14.6 Å². The van der Waals surface area contributed by atoms with Gasteiger partial charge in [0.05, 0.1) is 14.2 Å². The van der Waals surface area contributed by atoms with Gasteiger partial charge in [0.1, 0.15) is 5.01 Å². The second-order valence-corrected chi connectivity index (χ2v) is 5.90. The van der Waals surface area contributed by atoms with Gasteiger partial charge in [-0.2, -0.15) is 0 Å². The summed E-state index contributed by atoms with van der Waals surface area (Å²) in [4.78, 5) is 15.2. The minimum atomic E-state index is -1.01. The van der Waals surface area contributed by atoms with Gasteiger partial charge in [0.2, 0.25) is 0 Å². The Morgan fingerprint density at radius 1 is 1.24 bits per heavy atom. The Balaban J connectivity index is 2.44. The number of hydrogen-bond donors (Lipinski definition) is 1. The molecule has 0 radical (unpaired) electrons. The molecule has 0 aliphatic heterocycles. The van der Waals surface area contributed by atoms with E-state index in [1.165, 1.54) is 11.3 Å². The Labute approximate surface area is 127 Å². The van der Waals surface area contributed by atoms with E-state index in [1.807, 2.05) is 32.0 Å². The zero-order valence-electron chi connectivity index (χ0n) is 12.3. The number of thiazole rings is 1. The van der Waals surface area contributed by atoms with Crippen molar-refractivity contribution in [1.82, 2.24) is 4.98 Å². The number of methoxy groups -OCH3 is 2. The van der Waals surface area contributed by atoms with Crippen molar-refractivity contribution in [3.63, 3.8) is 0 Å². The molecular weight excluding hydrogens is 290 g/mol. The standard InChI is InChI=1S/C15H17NO4S/c1-15(2,14-16-10(8-21-14)13(17)18)9-5-6-11(19-3)12(7-9)20-4/h5-8H,1-4H3,(H,17,18). The van der Waals surface area contributed by atoms with Crippen LogP contribution in [-0.2, 0) is 5.41 Å². The summed E-state index contributed by atoms with van der Waals surface area (Å²) < 4.78 is 10.5. The van der Waals surface area contributed by atoms with Gasteiger partial charge in [-0.1, -0.05) is 6.07 Å². The zero-order valence-corrected chi connectivity index (χ0v) is 13.2. The molecule has 0 saturated heterocycles. The Bertz CT molecular complexity index is 663. The van der Waals surface area contributed by atoms with Crippen molar-refractivity contribution in [3.05, 3.63) is 39.8 Å². The topological polar surface area (TPSA) is 68.7 Å². The number of rotatable bonds is 5. The number of carboxylic acid groups (broad SMARTS) is 1. The first-order valence-corrected chi connectivity index (χ1v) is 7.20. The molecule has 0 aliphatic rings. The number of benzene rings is 1. The smallest absolute Gasteiger partial charge is 0.355 e. The highest BCUT2D eigenvalue weighted by atomic mass is 32.1. The van der Waals surface area contributed by atoms with E-state index in [-0.39, 0.29) is 5.69 Å². The molecule has 1 heterocycles. The molecule has 0 amide bonds. The highest BCUT2D eigenvalue weighted by Crippen LogP contribution is 2.38. The van der Waals surface area contributed by atoms with Gasteiger partial charge in [0.15, 0.2) is 17.2 Å². The fourth-order valence-electron chi connectivity index (χ4n) is 2.01. The highest BCUT2D eigenvalue weighted by molar-refractivity contribution is 7.10. The normalized spacial score (nSPS) is 11.2. The van der Waals surface area contributed by atoms with E-state index in [4.69, 9.17) is 14.6 Å². The van der Waals surface area contributed by atoms with Crippen molar-refractivity contribution < 1.29 is 19.4 Å². The molecule has 0 fully saturated rings. The largest absolute Gasteiger partial charge is 0.493 e. The van der Waals surface area contributed by atoms with Crippen LogP contribution in [0.25, 0.3) is 0 Å². The quantitative estimate of drug-likeness (QED) is 0.918. The van der Waals surface area contributed by atoms with Crippen LogP contribution in [0.3, 0.4) is 0 Å². The number of aromatic nitrogens is 1. The average molecular weight is 307 g/mol. The van der Waals surface area contributed by atoms with Crippen molar-refractivity contribution in [2.75, 3.05) is 14.2 Å². The molecule has 112 valence electrons. The summed E-state index contributed by atoms with van der Waals surface area (Å²) in [6, 6.07) is 5.66. The molecule has 5 nitrogen and oxygen atoms in total. The lowest BCUT2D eigenvalue weighted by Crippen LogP contribution is -2.19. The van der Waals surface area contributed by atoms with E-state index >= 15 is 0 Å². The lowest BCUT2D eigenvalue weighted by Gasteiger charge is -2.23. The highest BCUT2D eigenvalue weighted by Gasteiger charge is 2.28. The summed E-state index contributed by atoms with van der Waals surface area (Å²) >= 11 is 1.34. The zero-order chi connectivity index (χ0) is 15.6. The van der Waals surface area contributed by atoms with Gasteiger partial charge in [0, 0.05) is 10.8 Å². The first-order valence-electron chi connectivity index (χ1n) is 6.32. The second kappa shape index (κ2) is 5.73. The maximum absolute atomic E-state index is 11.0. The van der Waals surface area contributed by atoms with E-state index < -0.39 is 11.4 Å². The van der Waals surface area contributed by atoms with E-state index in [0.29, 0.717) is 11.5 Å². The summed E-state index contributed by atoms with van der Waals surface area (Å²) in [6.07, 6.45) is 0. The van der Waals surface area contributed by atoms with Crippen molar-refractivity contribution in [3.8, 4) is 11.5 Å². The number of nitrogens with zero attached hydrogens (tertiary/aromatic N) is 1. The molecule has 0 bridgehead atoms. The number of hydrogen-bond acceptors (Lipinski definition) is 5. The first kappa shape index (κ1) is 15.3. The van der Waals surface area contributed by atoms with Crippen LogP contribution in [0.15, 0.2) is 23.6 Å².